The van der Waals surface area contributed by atoms with Gasteiger partial charge in [0, 0.05) is 6.07 Å². The molecule has 0 radical (unpaired) electrons. The molecule has 1 N–H and O–H groups in total. The third-order valence-corrected chi connectivity index (χ3v) is 2.45. The summed E-state index contributed by atoms with van der Waals surface area (Å²) in [6.07, 6.45) is 2.06. The number of nitro benzene ring substituents is 1. The molecule has 102 valence electrons. The zero-order chi connectivity index (χ0) is 14.9. The first kappa shape index (κ1) is 13.1. The Balaban J connectivity index is 2.52. The molecule has 0 unspecified atom stereocenters. The Hall–Kier alpha value is -3.30. The number of nitro groups is 2. The Kier molecular flexibility index (Phi) is 3.13. The van der Waals surface area contributed by atoms with Gasteiger partial charge in [-0.15, -0.1) is 0 Å². The van der Waals surface area contributed by atoms with Gasteiger partial charge in [-0.1, -0.05) is 0 Å². The number of carboxylic acid groups (broad SMARTS) is 1. The van der Waals surface area contributed by atoms with E-state index in [0.717, 1.165) is 29.2 Å². The van der Waals surface area contributed by atoms with Gasteiger partial charge in [0.2, 0.25) is 0 Å². The lowest BCUT2D eigenvalue weighted by atomic mass is 10.1. The zero-order valence-corrected chi connectivity index (χ0v) is 9.66. The minimum absolute atomic E-state index is 0.168. The highest BCUT2D eigenvalue weighted by molar-refractivity contribution is 5.93. The average Bonchev–Trinajstić information content (AvgIpc) is 2.87. The smallest absolute Gasteiger partial charge is 0.342 e. The number of hydrogen-bond acceptors (Lipinski definition) is 6. The van der Waals surface area contributed by atoms with Crippen molar-refractivity contribution in [1.82, 2.24) is 9.78 Å². The maximum atomic E-state index is 11.0. The van der Waals surface area contributed by atoms with E-state index in [1.807, 2.05) is 0 Å². The van der Waals surface area contributed by atoms with E-state index in [1.165, 1.54) is 6.07 Å². The number of aromatic nitrogens is 2. The molecule has 1 aromatic heterocycles. The highest BCUT2D eigenvalue weighted by Crippen LogP contribution is 2.22. The van der Waals surface area contributed by atoms with E-state index >= 15 is 0 Å². The number of carboxylic acids is 1. The molecule has 2 rings (SSSR count). The second kappa shape index (κ2) is 4.76. The van der Waals surface area contributed by atoms with Gasteiger partial charge in [-0.2, -0.15) is 5.10 Å². The molecule has 1 aromatic carbocycles. The van der Waals surface area contributed by atoms with Gasteiger partial charge in [-0.25, -0.2) is 9.48 Å². The van der Waals surface area contributed by atoms with E-state index in [-0.39, 0.29) is 11.4 Å². The van der Waals surface area contributed by atoms with Crippen LogP contribution in [0.3, 0.4) is 0 Å². The Labute approximate surface area is 110 Å². The monoisotopic (exact) mass is 278 g/mol. The van der Waals surface area contributed by atoms with E-state index in [4.69, 9.17) is 5.11 Å². The fourth-order valence-electron chi connectivity index (χ4n) is 1.55. The lowest BCUT2D eigenvalue weighted by Gasteiger charge is -2.03. The molecular weight excluding hydrogens is 272 g/mol. The maximum absolute atomic E-state index is 11.0. The number of aromatic carboxylic acids is 1. The first-order valence-electron chi connectivity index (χ1n) is 5.11. The van der Waals surface area contributed by atoms with Crippen LogP contribution in [0.5, 0.6) is 0 Å². The van der Waals surface area contributed by atoms with Gasteiger partial charge < -0.3 is 5.11 Å². The molecule has 0 fully saturated rings. The second-order valence-electron chi connectivity index (χ2n) is 3.66. The summed E-state index contributed by atoms with van der Waals surface area (Å²) in [6.45, 7) is 0. The lowest BCUT2D eigenvalue weighted by Crippen LogP contribution is -2.05. The minimum atomic E-state index is -1.47. The fraction of sp³-hybridized carbons (Fsp3) is 0. The minimum Gasteiger partial charge on any atom is -0.477 e. The average molecular weight is 278 g/mol. The van der Waals surface area contributed by atoms with E-state index in [0.29, 0.717) is 0 Å². The highest BCUT2D eigenvalue weighted by atomic mass is 16.6. The number of nitrogens with zero attached hydrogens (tertiary/aromatic N) is 4. The van der Waals surface area contributed by atoms with Crippen LogP contribution in [0.15, 0.2) is 30.6 Å². The molecule has 0 saturated carbocycles. The lowest BCUT2D eigenvalue weighted by molar-refractivity contribution is -0.385. The van der Waals surface area contributed by atoms with Crippen molar-refractivity contribution in [3.8, 4) is 5.69 Å². The van der Waals surface area contributed by atoms with Gasteiger partial charge in [0.05, 0.1) is 15.5 Å². The molecular formula is C10H6N4O6. The molecule has 10 nitrogen and oxygen atoms in total. The van der Waals surface area contributed by atoms with E-state index in [2.05, 4.69) is 5.10 Å². The van der Waals surface area contributed by atoms with Crippen molar-refractivity contribution < 1.29 is 19.7 Å². The number of benzene rings is 1. The molecule has 0 bridgehead atoms. The molecule has 0 aliphatic heterocycles. The van der Waals surface area contributed by atoms with Crippen LogP contribution in [-0.4, -0.2) is 30.7 Å². The van der Waals surface area contributed by atoms with Gasteiger partial charge in [0.15, 0.2) is 0 Å². The quantitative estimate of drug-likeness (QED) is 0.657. The van der Waals surface area contributed by atoms with Gasteiger partial charge in [-0.3, -0.25) is 20.2 Å². The summed E-state index contributed by atoms with van der Waals surface area (Å²) < 4.78 is 1.06. The third kappa shape index (κ3) is 2.29. The molecule has 0 aliphatic carbocycles. The van der Waals surface area contributed by atoms with Crippen LogP contribution >= 0.6 is 0 Å². The van der Waals surface area contributed by atoms with Gasteiger partial charge in [-0.05, 0) is 12.1 Å². The SMILES string of the molecule is O=C(O)c1cc(-n2cc([N+](=O)[O-])cn2)ccc1[N+](=O)[O-]. The van der Waals surface area contributed by atoms with Crippen molar-refractivity contribution in [3.05, 3.63) is 56.4 Å². The number of carbonyl (C=O) groups is 1. The van der Waals surface area contributed by atoms with E-state index in [1.54, 1.807) is 0 Å². The molecule has 0 atom stereocenters. The third-order valence-electron chi connectivity index (χ3n) is 2.45. The summed E-state index contributed by atoms with van der Waals surface area (Å²) >= 11 is 0. The maximum Gasteiger partial charge on any atom is 0.342 e. The molecule has 0 spiro atoms. The number of rotatable bonds is 4. The largest absolute Gasteiger partial charge is 0.477 e. The van der Waals surface area contributed by atoms with Crippen LogP contribution in [0.1, 0.15) is 10.4 Å². The summed E-state index contributed by atoms with van der Waals surface area (Å²) in [5.74, 6) is -1.47. The van der Waals surface area contributed by atoms with Crippen molar-refractivity contribution in [2.24, 2.45) is 0 Å². The summed E-state index contributed by atoms with van der Waals surface area (Å²) in [4.78, 5) is 30.7. The first-order valence-corrected chi connectivity index (χ1v) is 5.11. The Morgan fingerprint density at radius 2 is 1.95 bits per heavy atom. The molecule has 1 heterocycles. The van der Waals surface area contributed by atoms with Gasteiger partial charge in [0.1, 0.15) is 18.0 Å². The summed E-state index contributed by atoms with van der Waals surface area (Å²) in [5.41, 5.74) is -1.20. The highest BCUT2D eigenvalue weighted by Gasteiger charge is 2.21. The van der Waals surface area contributed by atoms with Crippen LogP contribution in [-0.2, 0) is 0 Å². The molecule has 0 saturated heterocycles. The van der Waals surface area contributed by atoms with Crippen molar-refractivity contribution >= 4 is 17.3 Å². The van der Waals surface area contributed by atoms with Crippen LogP contribution in [0, 0.1) is 20.2 Å². The van der Waals surface area contributed by atoms with Crippen LogP contribution in [0.4, 0.5) is 11.4 Å². The van der Waals surface area contributed by atoms with Crippen molar-refractivity contribution in [3.63, 3.8) is 0 Å². The molecule has 10 heteroatoms. The normalized spacial score (nSPS) is 10.2. The topological polar surface area (TPSA) is 141 Å². The summed E-state index contributed by atoms with van der Waals surface area (Å²) in [6, 6.07) is 3.28. The van der Waals surface area contributed by atoms with Gasteiger partial charge in [0.25, 0.3) is 5.69 Å². The standard InChI is InChI=1S/C10H6N4O6/c15-10(16)8-3-6(1-2-9(8)14(19)20)12-5-7(4-11-12)13(17)18/h1-5H,(H,15,16). The van der Waals surface area contributed by atoms with Crippen LogP contribution in [0.25, 0.3) is 5.69 Å². The van der Waals surface area contributed by atoms with Crippen LogP contribution < -0.4 is 0 Å². The van der Waals surface area contributed by atoms with Crippen molar-refractivity contribution in [2.75, 3.05) is 0 Å². The van der Waals surface area contributed by atoms with Crippen molar-refractivity contribution in [1.29, 1.82) is 0 Å². The fourth-order valence-corrected chi connectivity index (χ4v) is 1.55. The molecule has 0 amide bonds. The Morgan fingerprint density at radius 3 is 2.45 bits per heavy atom. The first-order chi connectivity index (χ1) is 9.40. The van der Waals surface area contributed by atoms with E-state index < -0.39 is 27.1 Å². The predicted octanol–water partition coefficient (Wildman–Crippen LogP) is 1.39. The zero-order valence-electron chi connectivity index (χ0n) is 9.66. The summed E-state index contributed by atoms with van der Waals surface area (Å²) in [7, 11) is 0. The number of hydrogen-bond donors (Lipinski definition) is 1. The Bertz CT molecular complexity index is 722. The van der Waals surface area contributed by atoms with Gasteiger partial charge >= 0.3 is 11.7 Å². The molecule has 20 heavy (non-hydrogen) atoms. The Morgan fingerprint density at radius 1 is 1.25 bits per heavy atom. The van der Waals surface area contributed by atoms with Crippen LogP contribution in [0.2, 0.25) is 0 Å². The molecule has 0 aliphatic rings. The second-order valence-corrected chi connectivity index (χ2v) is 3.66. The predicted molar refractivity (Wildman–Crippen MR) is 63.8 cm³/mol. The van der Waals surface area contributed by atoms with E-state index in [9.17, 15) is 25.0 Å². The summed E-state index contributed by atoms with van der Waals surface area (Å²) in [5, 5.41) is 33.9. The van der Waals surface area contributed by atoms with Crippen molar-refractivity contribution in [2.45, 2.75) is 0 Å². The molecule has 2 aromatic rings.